The Morgan fingerprint density at radius 3 is 2.61 bits per heavy atom. The molecular formula is C15H18N2O. The van der Waals surface area contributed by atoms with Crippen LogP contribution in [0.5, 0.6) is 0 Å². The highest BCUT2D eigenvalue weighted by atomic mass is 16.3. The maximum Gasteiger partial charge on any atom is 0.191 e. The Morgan fingerprint density at radius 2 is 2.06 bits per heavy atom. The highest BCUT2D eigenvalue weighted by molar-refractivity contribution is 5.61. The van der Waals surface area contributed by atoms with Crippen LogP contribution in [-0.4, -0.2) is 11.5 Å². The van der Waals surface area contributed by atoms with Crippen LogP contribution >= 0.6 is 0 Å². The van der Waals surface area contributed by atoms with E-state index in [1.165, 1.54) is 24.9 Å². The summed E-state index contributed by atoms with van der Waals surface area (Å²) < 4.78 is 5.22. The van der Waals surface area contributed by atoms with Gasteiger partial charge in [0.05, 0.1) is 0 Å². The zero-order valence-corrected chi connectivity index (χ0v) is 10.6. The Bertz CT molecular complexity index is 512. The van der Waals surface area contributed by atoms with Crippen molar-refractivity contribution < 1.29 is 4.42 Å². The van der Waals surface area contributed by atoms with Crippen LogP contribution in [0.25, 0.3) is 11.3 Å². The van der Waals surface area contributed by atoms with Gasteiger partial charge in [-0.05, 0) is 30.9 Å². The smallest absolute Gasteiger partial charge is 0.191 e. The molecule has 0 radical (unpaired) electrons. The molecule has 0 unspecified atom stereocenters. The predicted molar refractivity (Wildman–Crippen MR) is 72.5 cm³/mol. The molecule has 2 aromatic rings. The van der Waals surface area contributed by atoms with Gasteiger partial charge in [-0.25, -0.2) is 4.98 Å². The largest absolute Gasteiger partial charge is 0.449 e. The average molecular weight is 242 g/mol. The summed E-state index contributed by atoms with van der Waals surface area (Å²) in [5, 5.41) is 3.49. The molecule has 3 heteroatoms. The molecule has 18 heavy (non-hydrogen) atoms. The SMILES string of the molecule is Cc1nc(-c2ccc(NCC3CCC3)cc2)co1. The molecule has 3 rings (SSSR count). The minimum atomic E-state index is 0.706. The first kappa shape index (κ1) is 11.3. The number of hydrogen-bond acceptors (Lipinski definition) is 3. The molecule has 1 heterocycles. The second kappa shape index (κ2) is 4.84. The third kappa shape index (κ3) is 2.40. The van der Waals surface area contributed by atoms with E-state index in [1.54, 1.807) is 6.26 Å². The van der Waals surface area contributed by atoms with E-state index in [0.29, 0.717) is 5.89 Å². The summed E-state index contributed by atoms with van der Waals surface area (Å²) in [4.78, 5) is 4.32. The maximum atomic E-state index is 5.22. The fourth-order valence-corrected chi connectivity index (χ4v) is 2.21. The van der Waals surface area contributed by atoms with Gasteiger partial charge >= 0.3 is 0 Å². The van der Waals surface area contributed by atoms with Crippen LogP contribution in [-0.2, 0) is 0 Å². The van der Waals surface area contributed by atoms with E-state index in [4.69, 9.17) is 4.42 Å². The number of nitrogens with one attached hydrogen (secondary N) is 1. The molecule has 0 atom stereocenters. The molecule has 1 N–H and O–H groups in total. The zero-order chi connectivity index (χ0) is 12.4. The third-order valence-corrected chi connectivity index (χ3v) is 3.62. The highest BCUT2D eigenvalue weighted by Crippen LogP contribution is 2.27. The second-order valence-electron chi connectivity index (χ2n) is 5.01. The summed E-state index contributed by atoms with van der Waals surface area (Å²) in [6.07, 6.45) is 5.86. The lowest BCUT2D eigenvalue weighted by molar-refractivity contribution is 0.333. The molecule has 0 aliphatic heterocycles. The molecule has 0 amide bonds. The highest BCUT2D eigenvalue weighted by Gasteiger charge is 2.16. The van der Waals surface area contributed by atoms with Gasteiger partial charge in [0.15, 0.2) is 5.89 Å². The summed E-state index contributed by atoms with van der Waals surface area (Å²) in [7, 11) is 0. The van der Waals surface area contributed by atoms with Crippen molar-refractivity contribution in [3.63, 3.8) is 0 Å². The standard InChI is InChI=1S/C15H18N2O/c1-11-17-15(10-18-11)13-5-7-14(8-6-13)16-9-12-3-2-4-12/h5-8,10,12,16H,2-4,9H2,1H3. The molecule has 1 aliphatic carbocycles. The number of nitrogens with zero attached hydrogens (tertiary/aromatic N) is 1. The van der Waals surface area contributed by atoms with E-state index in [9.17, 15) is 0 Å². The first-order valence-electron chi connectivity index (χ1n) is 6.58. The van der Waals surface area contributed by atoms with Gasteiger partial charge in [0, 0.05) is 24.7 Å². The third-order valence-electron chi connectivity index (χ3n) is 3.62. The van der Waals surface area contributed by atoms with Crippen LogP contribution in [0.4, 0.5) is 5.69 Å². The Morgan fingerprint density at radius 1 is 1.28 bits per heavy atom. The van der Waals surface area contributed by atoms with Gasteiger partial charge in [-0.3, -0.25) is 0 Å². The minimum absolute atomic E-state index is 0.706. The van der Waals surface area contributed by atoms with Crippen molar-refractivity contribution in [1.29, 1.82) is 0 Å². The normalized spacial score (nSPS) is 15.4. The lowest BCUT2D eigenvalue weighted by atomic mass is 9.85. The fourth-order valence-electron chi connectivity index (χ4n) is 2.21. The van der Waals surface area contributed by atoms with Gasteiger partial charge in [-0.1, -0.05) is 18.6 Å². The van der Waals surface area contributed by atoms with Crippen LogP contribution < -0.4 is 5.32 Å². The Labute approximate surface area is 107 Å². The topological polar surface area (TPSA) is 38.1 Å². The lowest BCUT2D eigenvalue weighted by Gasteiger charge is -2.25. The number of rotatable bonds is 4. The minimum Gasteiger partial charge on any atom is -0.449 e. The summed E-state index contributed by atoms with van der Waals surface area (Å²) in [5.41, 5.74) is 3.19. The lowest BCUT2D eigenvalue weighted by Crippen LogP contribution is -2.20. The summed E-state index contributed by atoms with van der Waals surface area (Å²) in [6, 6.07) is 8.39. The maximum absolute atomic E-state index is 5.22. The van der Waals surface area contributed by atoms with Gasteiger partial charge in [-0.2, -0.15) is 0 Å². The van der Waals surface area contributed by atoms with E-state index < -0.39 is 0 Å². The van der Waals surface area contributed by atoms with E-state index in [-0.39, 0.29) is 0 Å². The van der Waals surface area contributed by atoms with Crippen molar-refractivity contribution in [3.05, 3.63) is 36.4 Å². The molecule has 94 valence electrons. The van der Waals surface area contributed by atoms with Crippen LogP contribution in [0.15, 0.2) is 34.9 Å². The van der Waals surface area contributed by atoms with Gasteiger partial charge in [-0.15, -0.1) is 0 Å². The van der Waals surface area contributed by atoms with E-state index in [1.807, 2.05) is 6.92 Å². The number of oxazole rings is 1. The first-order chi connectivity index (χ1) is 8.81. The molecule has 0 bridgehead atoms. The Kier molecular flexibility index (Phi) is 3.05. The molecule has 3 nitrogen and oxygen atoms in total. The summed E-state index contributed by atoms with van der Waals surface area (Å²) >= 11 is 0. The Balaban J connectivity index is 1.64. The van der Waals surface area contributed by atoms with E-state index in [2.05, 4.69) is 34.6 Å². The van der Waals surface area contributed by atoms with Gasteiger partial charge in [0.2, 0.25) is 0 Å². The monoisotopic (exact) mass is 242 g/mol. The molecule has 1 saturated carbocycles. The second-order valence-corrected chi connectivity index (χ2v) is 5.01. The molecule has 1 aromatic carbocycles. The van der Waals surface area contributed by atoms with Gasteiger partial charge in [0.1, 0.15) is 12.0 Å². The molecule has 1 aliphatic rings. The first-order valence-corrected chi connectivity index (χ1v) is 6.58. The van der Waals surface area contributed by atoms with E-state index in [0.717, 1.165) is 23.7 Å². The van der Waals surface area contributed by atoms with Crippen LogP contribution in [0, 0.1) is 12.8 Å². The van der Waals surface area contributed by atoms with Crippen LogP contribution in [0.2, 0.25) is 0 Å². The molecule has 1 fully saturated rings. The van der Waals surface area contributed by atoms with Crippen molar-refractivity contribution in [1.82, 2.24) is 4.98 Å². The van der Waals surface area contributed by atoms with Crippen molar-refractivity contribution >= 4 is 5.69 Å². The number of aryl methyl sites for hydroxylation is 1. The Hall–Kier alpha value is -1.77. The predicted octanol–water partition coefficient (Wildman–Crippen LogP) is 3.86. The van der Waals surface area contributed by atoms with Crippen LogP contribution in [0.1, 0.15) is 25.2 Å². The van der Waals surface area contributed by atoms with Crippen molar-refractivity contribution in [3.8, 4) is 11.3 Å². The van der Waals surface area contributed by atoms with E-state index >= 15 is 0 Å². The summed E-state index contributed by atoms with van der Waals surface area (Å²) in [5.74, 6) is 1.58. The quantitative estimate of drug-likeness (QED) is 0.884. The number of benzene rings is 1. The average Bonchev–Trinajstić information content (AvgIpc) is 2.75. The van der Waals surface area contributed by atoms with Gasteiger partial charge in [0.25, 0.3) is 0 Å². The fraction of sp³-hybridized carbons (Fsp3) is 0.400. The molecular weight excluding hydrogens is 224 g/mol. The van der Waals surface area contributed by atoms with Crippen molar-refractivity contribution in [2.45, 2.75) is 26.2 Å². The van der Waals surface area contributed by atoms with Gasteiger partial charge < -0.3 is 9.73 Å². The number of anilines is 1. The van der Waals surface area contributed by atoms with Crippen LogP contribution in [0.3, 0.4) is 0 Å². The zero-order valence-electron chi connectivity index (χ0n) is 10.6. The summed E-state index contributed by atoms with van der Waals surface area (Å²) in [6.45, 7) is 2.96. The number of aromatic nitrogens is 1. The van der Waals surface area contributed by atoms with Crippen molar-refractivity contribution in [2.75, 3.05) is 11.9 Å². The number of hydrogen-bond donors (Lipinski definition) is 1. The molecule has 0 saturated heterocycles. The molecule has 0 spiro atoms. The van der Waals surface area contributed by atoms with Crippen molar-refractivity contribution in [2.24, 2.45) is 5.92 Å². The molecule has 1 aromatic heterocycles.